The fourth-order valence-electron chi connectivity index (χ4n) is 3.36. The quantitative estimate of drug-likeness (QED) is 0.767. The summed E-state index contributed by atoms with van der Waals surface area (Å²) in [5.74, 6) is -2.77. The fourth-order valence-corrected chi connectivity index (χ4v) is 3.59. The second-order valence-electron chi connectivity index (χ2n) is 7.13. The maximum atomic E-state index is 13.5. The Hall–Kier alpha value is -2.51. The number of rotatable bonds is 4. The predicted molar refractivity (Wildman–Crippen MR) is 108 cm³/mol. The summed E-state index contributed by atoms with van der Waals surface area (Å²) in [4.78, 5) is 28.5. The molecule has 5 nitrogen and oxygen atoms in total. The van der Waals surface area contributed by atoms with Gasteiger partial charge in [-0.05, 0) is 37.1 Å². The molecule has 0 unspecified atom stereocenters. The minimum atomic E-state index is -1.11. The molecule has 29 heavy (non-hydrogen) atoms. The van der Waals surface area contributed by atoms with Crippen LogP contribution in [0.2, 0.25) is 5.02 Å². The summed E-state index contributed by atoms with van der Waals surface area (Å²) in [6, 6.07) is 7.45. The van der Waals surface area contributed by atoms with Crippen LogP contribution < -0.4 is 5.32 Å². The highest BCUT2D eigenvalue weighted by Crippen LogP contribution is 2.22. The molecule has 1 saturated heterocycles. The molecule has 1 heterocycles. The lowest BCUT2D eigenvalue weighted by Crippen LogP contribution is -2.50. The lowest BCUT2D eigenvalue weighted by atomic mass is 10.1. The topological polar surface area (TPSA) is 52.7 Å². The maximum Gasteiger partial charge on any atom is 0.255 e. The Morgan fingerprint density at radius 3 is 2.24 bits per heavy atom. The van der Waals surface area contributed by atoms with E-state index in [4.69, 9.17) is 11.6 Å². The van der Waals surface area contributed by atoms with Gasteiger partial charge in [-0.3, -0.25) is 14.5 Å². The third kappa shape index (κ3) is 4.92. The summed E-state index contributed by atoms with van der Waals surface area (Å²) < 4.78 is 26.7. The lowest BCUT2D eigenvalue weighted by molar-refractivity contribution is -0.117. The zero-order valence-corrected chi connectivity index (χ0v) is 17.0. The Morgan fingerprint density at radius 2 is 1.62 bits per heavy atom. The van der Waals surface area contributed by atoms with Gasteiger partial charge in [0, 0.05) is 31.9 Å². The number of hydrogen-bond donors (Lipinski definition) is 1. The van der Waals surface area contributed by atoms with Gasteiger partial charge in [-0.2, -0.15) is 0 Å². The molecule has 0 radical (unpaired) electrons. The van der Waals surface area contributed by atoms with Gasteiger partial charge < -0.3 is 10.2 Å². The lowest BCUT2D eigenvalue weighted by Gasteiger charge is -2.34. The Balaban J connectivity index is 1.56. The largest absolute Gasteiger partial charge is 0.336 e. The Kier molecular flexibility index (Phi) is 6.49. The second kappa shape index (κ2) is 8.88. The third-order valence-corrected chi connectivity index (χ3v) is 5.33. The molecule has 0 saturated carbocycles. The predicted octanol–water partition coefficient (Wildman–Crippen LogP) is 3.63. The molecule has 154 valence electrons. The molecule has 0 atom stereocenters. The molecule has 8 heteroatoms. The molecule has 2 aromatic rings. The van der Waals surface area contributed by atoms with E-state index in [0.29, 0.717) is 26.2 Å². The normalized spacial score (nSPS) is 14.7. The number of halogens is 3. The van der Waals surface area contributed by atoms with Crippen LogP contribution in [-0.4, -0.2) is 54.3 Å². The molecular formula is C21H22ClF2N3O2. The summed E-state index contributed by atoms with van der Waals surface area (Å²) >= 11 is 5.90. The zero-order valence-electron chi connectivity index (χ0n) is 16.3. The van der Waals surface area contributed by atoms with Crippen molar-refractivity contribution in [3.05, 3.63) is 63.7 Å². The van der Waals surface area contributed by atoms with Crippen molar-refractivity contribution in [3.8, 4) is 0 Å². The molecule has 2 aromatic carbocycles. The summed E-state index contributed by atoms with van der Waals surface area (Å²) in [6.07, 6.45) is 0. The molecule has 0 aliphatic carbocycles. The number of hydrogen-bond acceptors (Lipinski definition) is 3. The van der Waals surface area contributed by atoms with Crippen LogP contribution in [0, 0.1) is 25.5 Å². The first kappa shape index (κ1) is 21.2. The Morgan fingerprint density at radius 1 is 1.03 bits per heavy atom. The first-order valence-electron chi connectivity index (χ1n) is 9.28. The van der Waals surface area contributed by atoms with Crippen LogP contribution in [0.25, 0.3) is 0 Å². The average molecular weight is 422 g/mol. The fraction of sp³-hybridized carbons (Fsp3) is 0.333. The second-order valence-corrected chi connectivity index (χ2v) is 7.54. The van der Waals surface area contributed by atoms with Gasteiger partial charge in [0.15, 0.2) is 11.6 Å². The van der Waals surface area contributed by atoms with E-state index in [-0.39, 0.29) is 23.0 Å². The molecule has 1 fully saturated rings. The minimum Gasteiger partial charge on any atom is -0.336 e. The summed E-state index contributed by atoms with van der Waals surface area (Å²) in [6.45, 7) is 5.81. The van der Waals surface area contributed by atoms with Crippen LogP contribution in [-0.2, 0) is 4.79 Å². The van der Waals surface area contributed by atoms with Gasteiger partial charge in [0.1, 0.15) is 0 Å². The number of carbonyl (C=O) groups is 2. The van der Waals surface area contributed by atoms with E-state index in [0.717, 1.165) is 28.9 Å². The summed E-state index contributed by atoms with van der Waals surface area (Å²) in [5, 5.41) is 2.83. The number of benzene rings is 2. The number of anilines is 1. The zero-order chi connectivity index (χ0) is 21.1. The van der Waals surface area contributed by atoms with E-state index in [9.17, 15) is 18.4 Å². The number of amides is 2. The first-order valence-corrected chi connectivity index (χ1v) is 9.66. The van der Waals surface area contributed by atoms with Crippen LogP contribution >= 0.6 is 11.6 Å². The van der Waals surface area contributed by atoms with E-state index in [1.807, 2.05) is 36.9 Å². The number of nitrogens with one attached hydrogen (secondary N) is 1. The van der Waals surface area contributed by atoms with Crippen molar-refractivity contribution < 1.29 is 18.4 Å². The van der Waals surface area contributed by atoms with Crippen LogP contribution in [0.1, 0.15) is 21.5 Å². The smallest absolute Gasteiger partial charge is 0.255 e. The van der Waals surface area contributed by atoms with Crippen molar-refractivity contribution in [1.29, 1.82) is 0 Å². The van der Waals surface area contributed by atoms with Gasteiger partial charge in [0.25, 0.3) is 5.91 Å². The van der Waals surface area contributed by atoms with Crippen LogP contribution in [0.5, 0.6) is 0 Å². The van der Waals surface area contributed by atoms with Gasteiger partial charge in [-0.25, -0.2) is 8.78 Å². The molecule has 1 aliphatic heterocycles. The molecular weight excluding hydrogens is 400 g/mol. The molecule has 1 aliphatic rings. The van der Waals surface area contributed by atoms with Crippen molar-refractivity contribution in [2.75, 3.05) is 38.0 Å². The molecule has 1 N–H and O–H groups in total. The van der Waals surface area contributed by atoms with Crippen LogP contribution in [0.15, 0.2) is 30.3 Å². The molecule has 2 amide bonds. The highest BCUT2D eigenvalue weighted by molar-refractivity contribution is 6.33. The van der Waals surface area contributed by atoms with Crippen molar-refractivity contribution in [3.63, 3.8) is 0 Å². The molecule has 0 bridgehead atoms. The number of aryl methyl sites for hydroxylation is 2. The van der Waals surface area contributed by atoms with Crippen molar-refractivity contribution in [1.82, 2.24) is 9.80 Å². The van der Waals surface area contributed by atoms with Crippen LogP contribution in [0.4, 0.5) is 14.5 Å². The van der Waals surface area contributed by atoms with E-state index in [2.05, 4.69) is 5.32 Å². The first-order chi connectivity index (χ1) is 13.8. The SMILES string of the molecule is Cc1cccc(C)c1NC(=O)CN1CCN(C(=O)c2cc(F)c(F)cc2Cl)CC1. The average Bonchev–Trinajstić information content (AvgIpc) is 2.68. The van der Waals surface area contributed by atoms with E-state index >= 15 is 0 Å². The monoisotopic (exact) mass is 421 g/mol. The maximum absolute atomic E-state index is 13.5. The third-order valence-electron chi connectivity index (χ3n) is 5.01. The van der Waals surface area contributed by atoms with Gasteiger partial charge in [-0.15, -0.1) is 0 Å². The highest BCUT2D eigenvalue weighted by atomic mass is 35.5. The molecule has 3 rings (SSSR count). The van der Waals surface area contributed by atoms with Gasteiger partial charge in [0.05, 0.1) is 17.1 Å². The number of carbonyl (C=O) groups excluding carboxylic acids is 2. The van der Waals surface area contributed by atoms with E-state index < -0.39 is 17.5 Å². The number of nitrogens with zero attached hydrogens (tertiary/aromatic N) is 2. The van der Waals surface area contributed by atoms with Gasteiger partial charge in [0.2, 0.25) is 5.91 Å². The van der Waals surface area contributed by atoms with E-state index in [1.165, 1.54) is 4.90 Å². The van der Waals surface area contributed by atoms with Crippen molar-refractivity contribution in [2.24, 2.45) is 0 Å². The summed E-state index contributed by atoms with van der Waals surface area (Å²) in [5.41, 5.74) is 2.75. The van der Waals surface area contributed by atoms with E-state index in [1.54, 1.807) is 0 Å². The van der Waals surface area contributed by atoms with Crippen LogP contribution in [0.3, 0.4) is 0 Å². The van der Waals surface area contributed by atoms with Crippen molar-refractivity contribution in [2.45, 2.75) is 13.8 Å². The van der Waals surface area contributed by atoms with Gasteiger partial charge in [-0.1, -0.05) is 29.8 Å². The molecule has 0 spiro atoms. The summed E-state index contributed by atoms with van der Waals surface area (Å²) in [7, 11) is 0. The Bertz CT molecular complexity index is 924. The standard InChI is InChI=1S/C21H22ClF2N3O2/c1-13-4-3-5-14(2)20(13)25-19(28)12-26-6-8-27(9-7-26)21(29)15-10-17(23)18(24)11-16(15)22/h3-5,10-11H,6-9,12H2,1-2H3,(H,25,28). The number of piperazine rings is 1. The highest BCUT2D eigenvalue weighted by Gasteiger charge is 2.25. The Labute approximate surface area is 173 Å². The minimum absolute atomic E-state index is 0.0632. The van der Waals surface area contributed by atoms with Gasteiger partial charge >= 0.3 is 0 Å². The number of para-hydroxylation sites is 1. The van der Waals surface area contributed by atoms with Crippen molar-refractivity contribution >= 4 is 29.1 Å². The molecule has 0 aromatic heterocycles.